The molecule has 7 heteroatoms. The fourth-order valence-electron chi connectivity index (χ4n) is 2.49. The predicted molar refractivity (Wildman–Crippen MR) is 89.1 cm³/mol. The molecular formula is C18H18N2O5. The minimum absolute atomic E-state index is 0.0707. The SMILES string of the molecule is CC(C)(CNC(=O)c1cccc(C(=O)O)n1)c1ccc2c(c1)OCO2. The number of nitrogens with one attached hydrogen (secondary N) is 1. The lowest BCUT2D eigenvalue weighted by molar-refractivity contribution is 0.0690. The Kier molecular flexibility index (Phi) is 4.31. The average Bonchev–Trinajstić information content (AvgIpc) is 3.07. The molecule has 1 amide bonds. The number of hydrogen-bond donors (Lipinski definition) is 2. The Morgan fingerprint density at radius 2 is 1.88 bits per heavy atom. The molecule has 2 N–H and O–H groups in total. The van der Waals surface area contributed by atoms with Crippen LogP contribution in [0.5, 0.6) is 11.5 Å². The number of aromatic nitrogens is 1. The van der Waals surface area contributed by atoms with Crippen LogP contribution in [0.1, 0.15) is 40.4 Å². The summed E-state index contributed by atoms with van der Waals surface area (Å²) in [4.78, 5) is 27.1. The van der Waals surface area contributed by atoms with E-state index in [1.165, 1.54) is 18.2 Å². The number of hydrogen-bond acceptors (Lipinski definition) is 5. The topological polar surface area (TPSA) is 97.8 Å². The Labute approximate surface area is 144 Å². The van der Waals surface area contributed by atoms with Crippen LogP contribution in [0.2, 0.25) is 0 Å². The van der Waals surface area contributed by atoms with Gasteiger partial charge in [0.25, 0.3) is 5.91 Å². The maximum absolute atomic E-state index is 12.3. The highest BCUT2D eigenvalue weighted by Crippen LogP contribution is 2.36. The van der Waals surface area contributed by atoms with Crippen molar-refractivity contribution >= 4 is 11.9 Å². The Morgan fingerprint density at radius 3 is 2.64 bits per heavy atom. The van der Waals surface area contributed by atoms with E-state index >= 15 is 0 Å². The van der Waals surface area contributed by atoms with Crippen LogP contribution < -0.4 is 14.8 Å². The van der Waals surface area contributed by atoms with Gasteiger partial charge in [0.2, 0.25) is 6.79 Å². The van der Waals surface area contributed by atoms with Crippen LogP contribution in [-0.2, 0) is 5.41 Å². The molecule has 0 bridgehead atoms. The van der Waals surface area contributed by atoms with Crippen LogP contribution >= 0.6 is 0 Å². The molecule has 0 saturated heterocycles. The van der Waals surface area contributed by atoms with Crippen LogP contribution in [0.25, 0.3) is 0 Å². The van der Waals surface area contributed by atoms with E-state index in [-0.39, 0.29) is 23.6 Å². The molecule has 1 aliphatic heterocycles. The molecule has 0 spiro atoms. The van der Waals surface area contributed by atoms with Crippen molar-refractivity contribution in [3.8, 4) is 11.5 Å². The molecule has 2 heterocycles. The number of fused-ring (bicyclic) bond motifs is 1. The quantitative estimate of drug-likeness (QED) is 0.865. The van der Waals surface area contributed by atoms with E-state index in [0.717, 1.165) is 5.56 Å². The highest BCUT2D eigenvalue weighted by molar-refractivity contribution is 5.94. The predicted octanol–water partition coefficient (Wildman–Crippen LogP) is 2.22. The summed E-state index contributed by atoms with van der Waals surface area (Å²) in [6.07, 6.45) is 0. The standard InChI is InChI=1S/C18H18N2O5/c1-18(2,11-6-7-14-15(8-11)25-10-24-14)9-19-16(21)12-4-3-5-13(20-12)17(22)23/h3-8H,9-10H2,1-2H3,(H,19,21)(H,22,23). The fraction of sp³-hybridized carbons (Fsp3) is 0.278. The van der Waals surface area contributed by atoms with Gasteiger partial charge in [0.1, 0.15) is 11.4 Å². The Bertz CT molecular complexity index is 832. The number of carboxylic acids is 1. The molecule has 0 aliphatic carbocycles. The van der Waals surface area contributed by atoms with Crippen molar-refractivity contribution in [2.24, 2.45) is 0 Å². The lowest BCUT2D eigenvalue weighted by atomic mass is 9.84. The first-order valence-electron chi connectivity index (χ1n) is 7.75. The first-order valence-corrected chi connectivity index (χ1v) is 7.75. The second-order valence-corrected chi connectivity index (χ2v) is 6.35. The van der Waals surface area contributed by atoms with Gasteiger partial charge in [-0.15, -0.1) is 0 Å². The summed E-state index contributed by atoms with van der Waals surface area (Å²) >= 11 is 0. The summed E-state index contributed by atoms with van der Waals surface area (Å²) in [5.41, 5.74) is 0.537. The van der Waals surface area contributed by atoms with Crippen molar-refractivity contribution in [1.29, 1.82) is 0 Å². The molecule has 25 heavy (non-hydrogen) atoms. The summed E-state index contributed by atoms with van der Waals surface area (Å²) < 4.78 is 10.7. The third-order valence-electron chi connectivity index (χ3n) is 4.05. The van der Waals surface area contributed by atoms with E-state index in [1.807, 2.05) is 32.0 Å². The highest BCUT2D eigenvalue weighted by atomic mass is 16.7. The van der Waals surface area contributed by atoms with E-state index in [0.29, 0.717) is 18.0 Å². The van der Waals surface area contributed by atoms with Gasteiger partial charge >= 0.3 is 5.97 Å². The number of carbonyl (C=O) groups is 2. The van der Waals surface area contributed by atoms with Gasteiger partial charge < -0.3 is 19.9 Å². The van der Waals surface area contributed by atoms with Gasteiger partial charge in [-0.1, -0.05) is 26.0 Å². The number of rotatable bonds is 5. The molecule has 0 radical (unpaired) electrons. The summed E-state index contributed by atoms with van der Waals surface area (Å²) in [6.45, 7) is 4.55. The lowest BCUT2D eigenvalue weighted by Gasteiger charge is -2.25. The van der Waals surface area contributed by atoms with Crippen LogP contribution in [0, 0.1) is 0 Å². The summed E-state index contributed by atoms with van der Waals surface area (Å²) in [6, 6.07) is 10.00. The fourth-order valence-corrected chi connectivity index (χ4v) is 2.49. The van der Waals surface area contributed by atoms with Gasteiger partial charge in [0, 0.05) is 12.0 Å². The number of pyridine rings is 1. The number of amides is 1. The molecule has 0 atom stereocenters. The summed E-state index contributed by atoms with van der Waals surface area (Å²) in [7, 11) is 0. The van der Waals surface area contributed by atoms with Crippen molar-refractivity contribution in [3.63, 3.8) is 0 Å². The molecule has 1 aromatic heterocycles. The van der Waals surface area contributed by atoms with E-state index in [1.54, 1.807) is 0 Å². The summed E-state index contributed by atoms with van der Waals surface area (Å²) in [5.74, 6) is -0.196. The summed E-state index contributed by atoms with van der Waals surface area (Å²) in [5, 5.41) is 11.8. The molecule has 0 unspecified atom stereocenters. The van der Waals surface area contributed by atoms with Crippen LogP contribution in [0.4, 0.5) is 0 Å². The maximum atomic E-state index is 12.3. The number of aromatic carboxylic acids is 1. The number of carboxylic acid groups (broad SMARTS) is 1. The Hall–Kier alpha value is -3.09. The van der Waals surface area contributed by atoms with Crippen LogP contribution in [0.3, 0.4) is 0 Å². The minimum Gasteiger partial charge on any atom is -0.477 e. The first-order chi connectivity index (χ1) is 11.9. The number of carbonyl (C=O) groups excluding carboxylic acids is 1. The van der Waals surface area contributed by atoms with Gasteiger partial charge in [0.05, 0.1) is 0 Å². The van der Waals surface area contributed by atoms with Crippen molar-refractivity contribution in [3.05, 3.63) is 53.3 Å². The van der Waals surface area contributed by atoms with Gasteiger partial charge in [-0.05, 0) is 29.8 Å². The van der Waals surface area contributed by atoms with E-state index < -0.39 is 11.9 Å². The van der Waals surface area contributed by atoms with Crippen LogP contribution in [-0.4, -0.2) is 35.3 Å². The third kappa shape index (κ3) is 3.55. The van der Waals surface area contributed by atoms with Gasteiger partial charge in [-0.2, -0.15) is 0 Å². The van der Waals surface area contributed by atoms with Gasteiger partial charge in [-0.3, -0.25) is 4.79 Å². The second-order valence-electron chi connectivity index (χ2n) is 6.35. The molecule has 0 saturated carbocycles. The largest absolute Gasteiger partial charge is 0.477 e. The molecule has 3 rings (SSSR count). The normalized spacial score (nSPS) is 12.7. The van der Waals surface area contributed by atoms with E-state index in [2.05, 4.69) is 10.3 Å². The molecular weight excluding hydrogens is 324 g/mol. The van der Waals surface area contributed by atoms with Crippen molar-refractivity contribution < 1.29 is 24.2 Å². The molecule has 1 aliphatic rings. The molecule has 2 aromatic rings. The minimum atomic E-state index is -1.17. The van der Waals surface area contributed by atoms with Crippen LogP contribution in [0.15, 0.2) is 36.4 Å². The van der Waals surface area contributed by atoms with E-state index in [4.69, 9.17) is 14.6 Å². The first kappa shape index (κ1) is 16.8. The zero-order chi connectivity index (χ0) is 18.0. The number of nitrogens with zero attached hydrogens (tertiary/aromatic N) is 1. The zero-order valence-corrected chi connectivity index (χ0v) is 13.9. The maximum Gasteiger partial charge on any atom is 0.354 e. The second kappa shape index (κ2) is 6.43. The molecule has 0 fully saturated rings. The smallest absolute Gasteiger partial charge is 0.354 e. The van der Waals surface area contributed by atoms with Crippen molar-refractivity contribution in [1.82, 2.24) is 10.3 Å². The molecule has 1 aromatic carbocycles. The number of benzene rings is 1. The average molecular weight is 342 g/mol. The Balaban J connectivity index is 1.70. The molecule has 130 valence electrons. The van der Waals surface area contributed by atoms with Crippen molar-refractivity contribution in [2.75, 3.05) is 13.3 Å². The lowest BCUT2D eigenvalue weighted by Crippen LogP contribution is -2.37. The highest BCUT2D eigenvalue weighted by Gasteiger charge is 2.25. The van der Waals surface area contributed by atoms with Gasteiger partial charge in [-0.25, -0.2) is 9.78 Å². The molecule has 7 nitrogen and oxygen atoms in total. The van der Waals surface area contributed by atoms with E-state index in [9.17, 15) is 9.59 Å². The third-order valence-corrected chi connectivity index (χ3v) is 4.05. The van der Waals surface area contributed by atoms with Crippen molar-refractivity contribution in [2.45, 2.75) is 19.3 Å². The zero-order valence-electron chi connectivity index (χ0n) is 13.9. The number of ether oxygens (including phenoxy) is 2. The Morgan fingerprint density at radius 1 is 1.16 bits per heavy atom. The van der Waals surface area contributed by atoms with Gasteiger partial charge in [0.15, 0.2) is 11.5 Å². The monoisotopic (exact) mass is 342 g/mol.